The maximum absolute atomic E-state index is 4.30. The lowest BCUT2D eigenvalue weighted by Crippen LogP contribution is -1.80. The molecule has 0 N–H and O–H groups in total. The van der Waals surface area contributed by atoms with E-state index in [0.29, 0.717) is 0 Å². The van der Waals surface area contributed by atoms with Gasteiger partial charge in [-0.1, -0.05) is 12.1 Å². The van der Waals surface area contributed by atoms with Gasteiger partial charge in [0.2, 0.25) is 0 Å². The highest BCUT2D eigenvalue weighted by Gasteiger charge is 1.98. The van der Waals surface area contributed by atoms with E-state index in [1.54, 1.807) is 0 Å². The normalized spacial score (nSPS) is 9.50. The van der Waals surface area contributed by atoms with Crippen LogP contribution in [-0.2, 0) is 0 Å². The van der Waals surface area contributed by atoms with E-state index in [2.05, 4.69) is 22.1 Å². The van der Waals surface area contributed by atoms with Gasteiger partial charge in [0.1, 0.15) is 0 Å². The molecule has 2 heterocycles. The van der Waals surface area contributed by atoms with Crippen LogP contribution in [0.5, 0.6) is 0 Å². The minimum absolute atomic E-state index is 0. The maximum Gasteiger partial charge on any atom is 0.0708 e. The summed E-state index contributed by atoms with van der Waals surface area (Å²) in [6, 6.07) is 10.2. The van der Waals surface area contributed by atoms with Crippen molar-refractivity contribution in [2.75, 3.05) is 0 Å². The van der Waals surface area contributed by atoms with Gasteiger partial charge in [-0.3, -0.25) is 9.97 Å². The second-order valence-electron chi connectivity index (χ2n) is 3.23. The van der Waals surface area contributed by atoms with Gasteiger partial charge in [-0.25, -0.2) is 0 Å². The molecule has 2 nitrogen and oxygen atoms in total. The summed E-state index contributed by atoms with van der Waals surface area (Å²) in [6.07, 6.45) is 5.51. The van der Waals surface area contributed by atoms with Gasteiger partial charge in [0.15, 0.2) is 0 Å². The van der Waals surface area contributed by atoms with Crippen molar-refractivity contribution in [3.8, 4) is 0 Å². The zero-order valence-corrected chi connectivity index (χ0v) is 9.96. The molecule has 82 valence electrons. The average Bonchev–Trinajstić information content (AvgIpc) is 2.29. The number of rotatable bonds is 0. The highest BCUT2D eigenvalue weighted by molar-refractivity contribution is 6.05. The van der Waals surface area contributed by atoms with E-state index in [4.69, 9.17) is 0 Å². The average molecular weight is 253 g/mol. The van der Waals surface area contributed by atoms with Crippen LogP contribution in [-0.4, -0.2) is 9.97 Å². The summed E-state index contributed by atoms with van der Waals surface area (Å²) in [7, 11) is 0. The SMILES string of the molecule is Cl.Cl.c1cnc2ccc3ccncc3c2c1. The van der Waals surface area contributed by atoms with Crippen LogP contribution in [0.4, 0.5) is 0 Å². The predicted octanol–water partition coefficient (Wildman–Crippen LogP) is 3.63. The molecule has 0 atom stereocenters. The fourth-order valence-electron chi connectivity index (χ4n) is 1.72. The summed E-state index contributed by atoms with van der Waals surface area (Å²) in [4.78, 5) is 8.44. The van der Waals surface area contributed by atoms with E-state index in [1.807, 2.05) is 36.8 Å². The lowest BCUT2D eigenvalue weighted by molar-refractivity contribution is 1.36. The minimum atomic E-state index is 0. The molecule has 0 saturated heterocycles. The predicted molar refractivity (Wildman–Crippen MR) is 71.5 cm³/mol. The Labute approximate surface area is 106 Å². The van der Waals surface area contributed by atoms with Crippen molar-refractivity contribution in [3.63, 3.8) is 0 Å². The zero-order chi connectivity index (χ0) is 9.38. The molecule has 0 saturated carbocycles. The lowest BCUT2D eigenvalue weighted by atomic mass is 10.1. The third kappa shape index (κ3) is 1.94. The van der Waals surface area contributed by atoms with Crippen LogP contribution in [0.15, 0.2) is 48.9 Å². The Kier molecular flexibility index (Phi) is 4.05. The molecule has 0 fully saturated rings. The first-order valence-electron chi connectivity index (χ1n) is 4.52. The number of aromatic nitrogens is 2. The molecule has 0 radical (unpaired) electrons. The highest BCUT2D eigenvalue weighted by Crippen LogP contribution is 2.22. The Hall–Kier alpha value is -1.38. The third-order valence-electron chi connectivity index (χ3n) is 2.40. The van der Waals surface area contributed by atoms with Gasteiger partial charge in [0.05, 0.1) is 5.52 Å². The van der Waals surface area contributed by atoms with Gasteiger partial charge < -0.3 is 0 Å². The standard InChI is InChI=1S/C12H8N2.2ClH/c1-2-10-11-8-13-7-5-9(11)3-4-12(10)14-6-1;;/h1-8H;2*1H. The van der Waals surface area contributed by atoms with Crippen molar-refractivity contribution < 1.29 is 0 Å². The van der Waals surface area contributed by atoms with Crippen LogP contribution in [0.1, 0.15) is 0 Å². The smallest absolute Gasteiger partial charge is 0.0708 e. The first kappa shape index (κ1) is 12.7. The van der Waals surface area contributed by atoms with E-state index in [0.717, 1.165) is 16.3 Å². The lowest BCUT2D eigenvalue weighted by Gasteiger charge is -2.00. The van der Waals surface area contributed by atoms with Crippen LogP contribution in [0.2, 0.25) is 0 Å². The van der Waals surface area contributed by atoms with Crippen LogP contribution >= 0.6 is 24.8 Å². The molecule has 0 bridgehead atoms. The fourth-order valence-corrected chi connectivity index (χ4v) is 1.72. The summed E-state index contributed by atoms with van der Waals surface area (Å²) < 4.78 is 0. The Morgan fingerprint density at radius 1 is 0.812 bits per heavy atom. The Morgan fingerprint density at radius 2 is 1.69 bits per heavy atom. The molecular formula is C12H10Cl2N2. The van der Waals surface area contributed by atoms with Crippen LogP contribution in [0, 0.1) is 0 Å². The number of nitrogens with zero attached hydrogens (tertiary/aromatic N) is 2. The van der Waals surface area contributed by atoms with E-state index >= 15 is 0 Å². The van der Waals surface area contributed by atoms with Crippen molar-refractivity contribution in [1.82, 2.24) is 9.97 Å². The summed E-state index contributed by atoms with van der Waals surface area (Å²) in [5, 5.41) is 3.54. The maximum atomic E-state index is 4.30. The molecule has 1 aromatic carbocycles. The van der Waals surface area contributed by atoms with Gasteiger partial charge in [-0.2, -0.15) is 0 Å². The quantitative estimate of drug-likeness (QED) is 0.572. The minimum Gasteiger partial charge on any atom is -0.264 e. The number of hydrogen-bond acceptors (Lipinski definition) is 2. The molecule has 0 amide bonds. The van der Waals surface area contributed by atoms with Crippen molar-refractivity contribution in [3.05, 3.63) is 48.9 Å². The fraction of sp³-hybridized carbons (Fsp3) is 0. The van der Waals surface area contributed by atoms with E-state index in [-0.39, 0.29) is 24.8 Å². The first-order valence-corrected chi connectivity index (χ1v) is 4.52. The molecule has 4 heteroatoms. The van der Waals surface area contributed by atoms with Crippen LogP contribution < -0.4 is 0 Å². The number of benzene rings is 1. The molecule has 0 spiro atoms. The summed E-state index contributed by atoms with van der Waals surface area (Å²) in [5.74, 6) is 0. The topological polar surface area (TPSA) is 25.8 Å². The molecule has 0 aliphatic carbocycles. The van der Waals surface area contributed by atoms with E-state index in [9.17, 15) is 0 Å². The Morgan fingerprint density at radius 3 is 2.56 bits per heavy atom. The van der Waals surface area contributed by atoms with Crippen LogP contribution in [0.3, 0.4) is 0 Å². The molecule has 3 rings (SSSR count). The second kappa shape index (κ2) is 5.10. The molecule has 0 aliphatic rings. The summed E-state index contributed by atoms with van der Waals surface area (Å²) >= 11 is 0. The monoisotopic (exact) mass is 252 g/mol. The second-order valence-corrected chi connectivity index (χ2v) is 3.23. The van der Waals surface area contributed by atoms with Crippen molar-refractivity contribution >= 4 is 46.5 Å². The number of hydrogen-bond donors (Lipinski definition) is 0. The first-order chi connectivity index (χ1) is 6.95. The number of pyridine rings is 2. The van der Waals surface area contributed by atoms with Gasteiger partial charge in [0, 0.05) is 29.4 Å². The van der Waals surface area contributed by atoms with Gasteiger partial charge in [-0.05, 0) is 23.6 Å². The van der Waals surface area contributed by atoms with Crippen LogP contribution in [0.25, 0.3) is 21.7 Å². The van der Waals surface area contributed by atoms with E-state index in [1.165, 1.54) is 5.39 Å². The van der Waals surface area contributed by atoms with E-state index < -0.39 is 0 Å². The van der Waals surface area contributed by atoms with Gasteiger partial charge in [-0.15, -0.1) is 24.8 Å². The summed E-state index contributed by atoms with van der Waals surface area (Å²) in [5.41, 5.74) is 1.02. The van der Waals surface area contributed by atoms with Gasteiger partial charge in [0.25, 0.3) is 0 Å². The third-order valence-corrected chi connectivity index (χ3v) is 2.40. The van der Waals surface area contributed by atoms with Crippen molar-refractivity contribution in [2.24, 2.45) is 0 Å². The molecule has 3 aromatic rings. The highest BCUT2D eigenvalue weighted by atomic mass is 35.5. The molecule has 16 heavy (non-hydrogen) atoms. The number of fused-ring (bicyclic) bond motifs is 3. The largest absolute Gasteiger partial charge is 0.264 e. The van der Waals surface area contributed by atoms with Crippen molar-refractivity contribution in [1.29, 1.82) is 0 Å². The summed E-state index contributed by atoms with van der Waals surface area (Å²) in [6.45, 7) is 0. The Bertz CT molecular complexity index is 556. The molecular weight excluding hydrogens is 243 g/mol. The Balaban J connectivity index is 0.000000640. The zero-order valence-electron chi connectivity index (χ0n) is 8.33. The number of halogens is 2. The molecule has 0 aliphatic heterocycles. The van der Waals surface area contributed by atoms with Crippen molar-refractivity contribution in [2.45, 2.75) is 0 Å². The molecule has 0 unspecified atom stereocenters. The molecule has 2 aromatic heterocycles. The van der Waals surface area contributed by atoms with Gasteiger partial charge >= 0.3 is 0 Å².